The standard InChI is InChI=1S/C18H28ClN/c1-2-13-20-14-17(15-9-5-3-4-6-10-15)16-11-7-8-12-18(16)19/h7-8,11-12,15,17,20H,2-6,9-10,13-14H2,1H3. The van der Waals surface area contributed by atoms with Gasteiger partial charge in [0.05, 0.1) is 0 Å². The van der Waals surface area contributed by atoms with Crippen molar-refractivity contribution in [3.05, 3.63) is 34.9 Å². The van der Waals surface area contributed by atoms with Crippen molar-refractivity contribution in [2.24, 2.45) is 5.92 Å². The van der Waals surface area contributed by atoms with Gasteiger partial charge in [0, 0.05) is 17.5 Å². The first kappa shape index (κ1) is 15.9. The molecule has 0 radical (unpaired) electrons. The van der Waals surface area contributed by atoms with Gasteiger partial charge in [0.25, 0.3) is 0 Å². The second kappa shape index (κ2) is 8.69. The van der Waals surface area contributed by atoms with E-state index >= 15 is 0 Å². The van der Waals surface area contributed by atoms with Crippen LogP contribution in [0.1, 0.15) is 63.4 Å². The third-order valence-electron chi connectivity index (χ3n) is 4.56. The lowest BCUT2D eigenvalue weighted by atomic mass is 9.81. The van der Waals surface area contributed by atoms with E-state index in [0.717, 1.165) is 24.0 Å². The lowest BCUT2D eigenvalue weighted by molar-refractivity contribution is 0.361. The Morgan fingerprint density at radius 3 is 2.50 bits per heavy atom. The molecule has 0 aromatic heterocycles. The number of benzene rings is 1. The SMILES string of the molecule is CCCNCC(c1ccccc1Cl)C1CCCCCC1. The van der Waals surface area contributed by atoms with E-state index in [9.17, 15) is 0 Å². The molecule has 1 aromatic rings. The Balaban J connectivity index is 2.12. The fourth-order valence-corrected chi connectivity index (χ4v) is 3.73. The Morgan fingerprint density at radius 2 is 1.85 bits per heavy atom. The van der Waals surface area contributed by atoms with Crippen molar-refractivity contribution in [3.8, 4) is 0 Å². The van der Waals surface area contributed by atoms with E-state index in [1.807, 2.05) is 12.1 Å². The third-order valence-corrected chi connectivity index (χ3v) is 4.91. The molecule has 1 nitrogen and oxygen atoms in total. The molecule has 0 bridgehead atoms. The topological polar surface area (TPSA) is 12.0 Å². The fraction of sp³-hybridized carbons (Fsp3) is 0.667. The van der Waals surface area contributed by atoms with E-state index in [1.54, 1.807) is 0 Å². The van der Waals surface area contributed by atoms with Gasteiger partial charge in [-0.2, -0.15) is 0 Å². The van der Waals surface area contributed by atoms with E-state index in [0.29, 0.717) is 5.92 Å². The van der Waals surface area contributed by atoms with E-state index in [4.69, 9.17) is 11.6 Å². The average Bonchev–Trinajstić information content (AvgIpc) is 2.74. The van der Waals surface area contributed by atoms with E-state index < -0.39 is 0 Å². The van der Waals surface area contributed by atoms with E-state index in [-0.39, 0.29) is 0 Å². The smallest absolute Gasteiger partial charge is 0.0441 e. The van der Waals surface area contributed by atoms with Gasteiger partial charge in [-0.1, -0.05) is 62.4 Å². The van der Waals surface area contributed by atoms with Gasteiger partial charge < -0.3 is 5.32 Å². The molecule has 1 aromatic carbocycles. The largest absolute Gasteiger partial charge is 0.316 e. The first-order valence-electron chi connectivity index (χ1n) is 8.28. The Morgan fingerprint density at radius 1 is 1.15 bits per heavy atom. The summed E-state index contributed by atoms with van der Waals surface area (Å²) in [5.74, 6) is 1.37. The quantitative estimate of drug-likeness (QED) is 0.547. The van der Waals surface area contributed by atoms with Crippen LogP contribution < -0.4 is 5.32 Å². The van der Waals surface area contributed by atoms with Crippen molar-refractivity contribution in [2.45, 2.75) is 57.8 Å². The zero-order valence-corrected chi connectivity index (χ0v) is 13.5. The molecule has 1 aliphatic rings. The number of rotatable bonds is 6. The monoisotopic (exact) mass is 293 g/mol. The molecule has 1 N–H and O–H groups in total. The highest BCUT2D eigenvalue weighted by Crippen LogP contribution is 2.37. The van der Waals surface area contributed by atoms with Gasteiger partial charge in [-0.25, -0.2) is 0 Å². The number of hydrogen-bond acceptors (Lipinski definition) is 1. The third kappa shape index (κ3) is 4.49. The highest BCUT2D eigenvalue weighted by atomic mass is 35.5. The van der Waals surface area contributed by atoms with Crippen LogP contribution in [0.5, 0.6) is 0 Å². The Labute approximate surface area is 129 Å². The molecule has 2 heteroatoms. The second-order valence-electron chi connectivity index (χ2n) is 6.08. The van der Waals surface area contributed by atoms with Crippen LogP contribution in [0.4, 0.5) is 0 Å². The number of nitrogens with one attached hydrogen (secondary N) is 1. The summed E-state index contributed by atoms with van der Waals surface area (Å²) >= 11 is 6.46. The zero-order chi connectivity index (χ0) is 14.2. The summed E-state index contributed by atoms with van der Waals surface area (Å²) < 4.78 is 0. The van der Waals surface area contributed by atoms with Gasteiger partial charge in [-0.15, -0.1) is 0 Å². The van der Waals surface area contributed by atoms with Crippen molar-refractivity contribution >= 4 is 11.6 Å². The first-order chi connectivity index (χ1) is 9.83. The summed E-state index contributed by atoms with van der Waals surface area (Å²) in [6.45, 7) is 4.40. The molecule has 0 saturated heterocycles. The van der Waals surface area contributed by atoms with Gasteiger partial charge in [0.1, 0.15) is 0 Å². The highest BCUT2D eigenvalue weighted by molar-refractivity contribution is 6.31. The molecule has 1 fully saturated rings. The highest BCUT2D eigenvalue weighted by Gasteiger charge is 2.25. The van der Waals surface area contributed by atoms with Crippen molar-refractivity contribution in [1.82, 2.24) is 5.32 Å². The Hall–Kier alpha value is -0.530. The second-order valence-corrected chi connectivity index (χ2v) is 6.49. The average molecular weight is 294 g/mol. The van der Waals surface area contributed by atoms with Crippen molar-refractivity contribution in [1.29, 1.82) is 0 Å². The molecular weight excluding hydrogens is 266 g/mol. The summed E-state index contributed by atoms with van der Waals surface area (Å²) in [6.07, 6.45) is 9.52. The fourth-order valence-electron chi connectivity index (χ4n) is 3.45. The predicted molar refractivity (Wildman–Crippen MR) is 88.5 cm³/mol. The maximum absolute atomic E-state index is 6.46. The van der Waals surface area contributed by atoms with Crippen molar-refractivity contribution < 1.29 is 0 Å². The maximum atomic E-state index is 6.46. The Kier molecular flexibility index (Phi) is 6.89. The molecule has 0 heterocycles. The molecule has 0 spiro atoms. The van der Waals surface area contributed by atoms with E-state index in [2.05, 4.69) is 24.4 Å². The van der Waals surface area contributed by atoms with Crippen LogP contribution in [0.25, 0.3) is 0 Å². The van der Waals surface area contributed by atoms with Crippen LogP contribution in [0.2, 0.25) is 5.02 Å². The molecule has 1 atom stereocenters. The molecule has 0 amide bonds. The minimum Gasteiger partial charge on any atom is -0.316 e. The minimum atomic E-state index is 0.577. The van der Waals surface area contributed by atoms with Crippen LogP contribution in [-0.2, 0) is 0 Å². The summed E-state index contributed by atoms with van der Waals surface area (Å²) in [7, 11) is 0. The van der Waals surface area contributed by atoms with Crippen LogP contribution in [0.15, 0.2) is 24.3 Å². The normalized spacial score (nSPS) is 18.7. The predicted octanol–water partition coefficient (Wildman–Crippen LogP) is 5.39. The summed E-state index contributed by atoms with van der Waals surface area (Å²) in [4.78, 5) is 0. The van der Waals surface area contributed by atoms with E-state index in [1.165, 1.54) is 50.5 Å². The lowest BCUT2D eigenvalue weighted by Crippen LogP contribution is -2.27. The van der Waals surface area contributed by atoms with Gasteiger partial charge >= 0.3 is 0 Å². The lowest BCUT2D eigenvalue weighted by Gasteiger charge is -2.28. The number of halogens is 1. The van der Waals surface area contributed by atoms with Gasteiger partial charge in [0.15, 0.2) is 0 Å². The van der Waals surface area contributed by atoms with Crippen LogP contribution >= 0.6 is 11.6 Å². The zero-order valence-electron chi connectivity index (χ0n) is 12.7. The van der Waals surface area contributed by atoms with Crippen LogP contribution in [-0.4, -0.2) is 13.1 Å². The number of hydrogen-bond donors (Lipinski definition) is 1. The summed E-state index contributed by atoms with van der Waals surface area (Å²) in [5.41, 5.74) is 1.35. The molecule has 0 aliphatic heterocycles. The van der Waals surface area contributed by atoms with Gasteiger partial charge in [0.2, 0.25) is 0 Å². The molecule has 1 saturated carbocycles. The van der Waals surface area contributed by atoms with Crippen LogP contribution in [0.3, 0.4) is 0 Å². The van der Waals surface area contributed by atoms with Crippen molar-refractivity contribution in [2.75, 3.05) is 13.1 Å². The Bertz CT molecular complexity index is 383. The first-order valence-corrected chi connectivity index (χ1v) is 8.66. The molecule has 20 heavy (non-hydrogen) atoms. The molecule has 1 aliphatic carbocycles. The maximum Gasteiger partial charge on any atom is 0.0441 e. The minimum absolute atomic E-state index is 0.577. The molecule has 112 valence electrons. The molecule has 2 rings (SSSR count). The summed E-state index contributed by atoms with van der Waals surface area (Å²) in [6, 6.07) is 8.44. The van der Waals surface area contributed by atoms with Gasteiger partial charge in [-0.3, -0.25) is 0 Å². The molecule has 1 unspecified atom stereocenters. The van der Waals surface area contributed by atoms with Crippen LogP contribution in [0, 0.1) is 5.92 Å². The summed E-state index contributed by atoms with van der Waals surface area (Å²) in [5, 5.41) is 4.56. The van der Waals surface area contributed by atoms with Crippen molar-refractivity contribution in [3.63, 3.8) is 0 Å². The van der Waals surface area contributed by atoms with Gasteiger partial charge in [-0.05, 0) is 43.4 Å². The molecular formula is C18H28ClN.